The first kappa shape index (κ1) is 23.4. The first-order chi connectivity index (χ1) is 14.6. The molecule has 0 spiro atoms. The van der Waals surface area contributed by atoms with Gasteiger partial charge < -0.3 is 4.74 Å². The van der Waals surface area contributed by atoms with Crippen LogP contribution in [0.5, 0.6) is 0 Å². The van der Waals surface area contributed by atoms with Crippen LogP contribution in [0.3, 0.4) is 0 Å². The second kappa shape index (κ2) is 8.86. The second-order valence-electron chi connectivity index (χ2n) is 12.8. The van der Waals surface area contributed by atoms with Gasteiger partial charge in [0.1, 0.15) is 6.10 Å². The molecule has 0 saturated heterocycles. The fourth-order valence-electron chi connectivity index (χ4n) is 8.99. The summed E-state index contributed by atoms with van der Waals surface area (Å²) in [5.74, 6) is 5.19. The van der Waals surface area contributed by atoms with Crippen LogP contribution in [0.15, 0.2) is 11.6 Å². The van der Waals surface area contributed by atoms with Crippen molar-refractivity contribution in [2.45, 2.75) is 118 Å². The molecule has 176 valence electrons. The fourth-order valence-corrected chi connectivity index (χ4v) is 8.99. The van der Waals surface area contributed by atoms with E-state index in [4.69, 9.17) is 4.74 Å². The van der Waals surface area contributed by atoms with Crippen LogP contribution in [0.25, 0.3) is 0 Å². The minimum Gasteiger partial charge on any atom is -0.462 e. The molecule has 31 heavy (non-hydrogen) atoms. The molecule has 3 fully saturated rings. The summed E-state index contributed by atoms with van der Waals surface area (Å²) < 4.78 is 5.61. The van der Waals surface area contributed by atoms with Crippen LogP contribution in [0.4, 0.5) is 0 Å². The summed E-state index contributed by atoms with van der Waals surface area (Å²) in [5, 5.41) is 0. The minimum absolute atomic E-state index is 0.115. The van der Waals surface area contributed by atoms with Gasteiger partial charge in [0, 0.05) is 13.3 Å². The van der Waals surface area contributed by atoms with Crippen molar-refractivity contribution >= 4 is 5.97 Å². The van der Waals surface area contributed by atoms with E-state index in [1.807, 2.05) is 0 Å². The van der Waals surface area contributed by atoms with Crippen LogP contribution >= 0.6 is 0 Å². The number of rotatable bonds is 6. The van der Waals surface area contributed by atoms with Crippen molar-refractivity contribution in [3.63, 3.8) is 0 Å². The molecule has 0 bridgehead atoms. The van der Waals surface area contributed by atoms with Crippen molar-refractivity contribution in [2.75, 3.05) is 0 Å². The molecule has 2 nitrogen and oxygen atoms in total. The summed E-state index contributed by atoms with van der Waals surface area (Å²) in [6.45, 7) is 14.1. The predicted octanol–water partition coefficient (Wildman–Crippen LogP) is 7.96. The van der Waals surface area contributed by atoms with Crippen molar-refractivity contribution < 1.29 is 9.53 Å². The van der Waals surface area contributed by atoms with Crippen LogP contribution in [-0.2, 0) is 9.53 Å². The molecule has 2 heteroatoms. The maximum absolute atomic E-state index is 11.5. The Morgan fingerprint density at radius 3 is 2.55 bits per heavy atom. The van der Waals surface area contributed by atoms with Crippen molar-refractivity contribution in [2.24, 2.45) is 46.3 Å². The zero-order valence-electron chi connectivity index (χ0n) is 21.2. The molecule has 4 rings (SSSR count). The predicted molar refractivity (Wildman–Crippen MR) is 129 cm³/mol. The van der Waals surface area contributed by atoms with E-state index in [9.17, 15) is 4.79 Å². The molecule has 0 aromatic heterocycles. The number of ether oxygens (including phenoxy) is 1. The molecule has 3 saturated carbocycles. The van der Waals surface area contributed by atoms with Crippen LogP contribution in [0, 0.1) is 46.3 Å². The maximum Gasteiger partial charge on any atom is 0.302 e. The van der Waals surface area contributed by atoms with E-state index >= 15 is 0 Å². The average molecular weight is 429 g/mol. The van der Waals surface area contributed by atoms with Crippen LogP contribution < -0.4 is 0 Å². The monoisotopic (exact) mass is 428 g/mol. The number of hydrogen-bond donors (Lipinski definition) is 0. The Bertz CT molecular complexity index is 693. The Labute approximate surface area is 192 Å². The number of esters is 1. The van der Waals surface area contributed by atoms with Crippen LogP contribution in [0.2, 0.25) is 0 Å². The van der Waals surface area contributed by atoms with Gasteiger partial charge in [-0.05, 0) is 91.3 Å². The Balaban J connectivity index is 1.47. The van der Waals surface area contributed by atoms with Gasteiger partial charge in [-0.2, -0.15) is 0 Å². The third-order valence-electron chi connectivity index (χ3n) is 10.6. The van der Waals surface area contributed by atoms with E-state index in [1.165, 1.54) is 57.8 Å². The standard InChI is InChI=1S/C29H48O2/c1-19(2)8-7-9-20(3)25-12-13-26-24-11-10-22-18-23(31-21(4)30)14-16-28(22,5)27(24)15-17-29(25,26)6/h10,19-20,23-27H,7-9,11-18H2,1-6H3/t20-,23-,24+,25-,26+,27-,28+,29-/m1/s1. The van der Waals surface area contributed by atoms with Gasteiger partial charge in [0.15, 0.2) is 0 Å². The number of allylic oxidation sites excluding steroid dienone is 1. The average Bonchev–Trinajstić information content (AvgIpc) is 3.05. The third kappa shape index (κ3) is 4.26. The van der Waals surface area contributed by atoms with Gasteiger partial charge in [-0.15, -0.1) is 0 Å². The zero-order chi connectivity index (χ0) is 22.4. The molecular weight excluding hydrogens is 380 g/mol. The number of carbonyl (C=O) groups excluding carboxylic acids is 1. The molecule has 0 aromatic carbocycles. The maximum atomic E-state index is 11.5. The molecule has 4 aliphatic rings. The SMILES string of the molecule is CC(=O)O[C@@H]1CC[C@@]2(C)C(=CC[C@@H]3[C@H]2CC[C@]2(C)[C@@H]([C@H](C)CCCC(C)C)CC[C@@H]32)C1. The van der Waals surface area contributed by atoms with Crippen molar-refractivity contribution in [3.8, 4) is 0 Å². The molecular formula is C29H48O2. The normalized spacial score (nSPS) is 42.9. The lowest BCUT2D eigenvalue weighted by molar-refractivity contribution is -0.148. The Kier molecular flexibility index (Phi) is 6.68. The van der Waals surface area contributed by atoms with E-state index in [-0.39, 0.29) is 12.1 Å². The number of carbonyl (C=O) groups is 1. The summed E-state index contributed by atoms with van der Waals surface area (Å²) in [4.78, 5) is 11.5. The van der Waals surface area contributed by atoms with Gasteiger partial charge >= 0.3 is 5.97 Å². The highest BCUT2D eigenvalue weighted by Crippen LogP contribution is 2.67. The van der Waals surface area contributed by atoms with Gasteiger partial charge in [0.05, 0.1) is 0 Å². The van der Waals surface area contributed by atoms with E-state index in [0.29, 0.717) is 10.8 Å². The van der Waals surface area contributed by atoms with E-state index in [1.54, 1.807) is 12.5 Å². The highest BCUT2D eigenvalue weighted by Gasteiger charge is 2.59. The lowest BCUT2D eigenvalue weighted by Gasteiger charge is -2.58. The largest absolute Gasteiger partial charge is 0.462 e. The van der Waals surface area contributed by atoms with E-state index < -0.39 is 0 Å². The van der Waals surface area contributed by atoms with Crippen LogP contribution in [-0.4, -0.2) is 12.1 Å². The van der Waals surface area contributed by atoms with Crippen molar-refractivity contribution in [1.82, 2.24) is 0 Å². The fraction of sp³-hybridized carbons (Fsp3) is 0.897. The second-order valence-corrected chi connectivity index (χ2v) is 12.8. The highest BCUT2D eigenvalue weighted by atomic mass is 16.5. The summed E-state index contributed by atoms with van der Waals surface area (Å²) in [5.41, 5.74) is 2.53. The molecule has 0 radical (unpaired) electrons. The van der Waals surface area contributed by atoms with Crippen molar-refractivity contribution in [3.05, 3.63) is 11.6 Å². The first-order valence-electron chi connectivity index (χ1n) is 13.5. The first-order valence-corrected chi connectivity index (χ1v) is 13.5. The van der Waals surface area contributed by atoms with Gasteiger partial charge in [-0.25, -0.2) is 0 Å². The molecule has 4 aliphatic carbocycles. The summed E-state index contributed by atoms with van der Waals surface area (Å²) in [6, 6.07) is 0. The molecule has 0 unspecified atom stereocenters. The summed E-state index contributed by atoms with van der Waals surface area (Å²) >= 11 is 0. The highest BCUT2D eigenvalue weighted by molar-refractivity contribution is 5.66. The Morgan fingerprint density at radius 1 is 1.06 bits per heavy atom. The van der Waals surface area contributed by atoms with Gasteiger partial charge in [-0.1, -0.05) is 65.5 Å². The Hall–Kier alpha value is -0.790. The lowest BCUT2D eigenvalue weighted by atomic mass is 9.47. The summed E-state index contributed by atoms with van der Waals surface area (Å²) in [6.07, 6.45) is 17.2. The van der Waals surface area contributed by atoms with E-state index in [0.717, 1.165) is 48.3 Å². The zero-order valence-corrected chi connectivity index (χ0v) is 21.2. The summed E-state index contributed by atoms with van der Waals surface area (Å²) in [7, 11) is 0. The number of hydrogen-bond acceptors (Lipinski definition) is 2. The Morgan fingerprint density at radius 2 is 1.84 bits per heavy atom. The van der Waals surface area contributed by atoms with Crippen molar-refractivity contribution in [1.29, 1.82) is 0 Å². The molecule has 8 atom stereocenters. The number of fused-ring (bicyclic) bond motifs is 5. The van der Waals surface area contributed by atoms with Gasteiger partial charge in [-0.3, -0.25) is 4.79 Å². The van der Waals surface area contributed by atoms with E-state index in [2.05, 4.69) is 40.7 Å². The van der Waals surface area contributed by atoms with Gasteiger partial charge in [0.25, 0.3) is 0 Å². The minimum atomic E-state index is -0.115. The van der Waals surface area contributed by atoms with Crippen LogP contribution in [0.1, 0.15) is 112 Å². The molecule has 0 N–H and O–H groups in total. The van der Waals surface area contributed by atoms with Gasteiger partial charge in [0.2, 0.25) is 0 Å². The lowest BCUT2D eigenvalue weighted by Crippen LogP contribution is -2.51. The molecule has 0 heterocycles. The molecule has 0 amide bonds. The molecule has 0 aliphatic heterocycles. The molecule has 0 aromatic rings. The smallest absolute Gasteiger partial charge is 0.302 e. The third-order valence-corrected chi connectivity index (χ3v) is 10.6. The quantitative estimate of drug-likeness (QED) is 0.317. The topological polar surface area (TPSA) is 26.3 Å².